The highest BCUT2D eigenvalue weighted by Crippen LogP contribution is 2.22. The van der Waals surface area contributed by atoms with Gasteiger partial charge < -0.3 is 4.90 Å². The summed E-state index contributed by atoms with van der Waals surface area (Å²) in [6, 6.07) is 9.92. The summed E-state index contributed by atoms with van der Waals surface area (Å²) in [6.07, 6.45) is 0.476. The molecule has 1 amide bonds. The van der Waals surface area contributed by atoms with E-state index in [9.17, 15) is 4.79 Å². The molecule has 2 aromatic rings. The smallest absolute Gasteiger partial charge is 0.233 e. The lowest BCUT2D eigenvalue weighted by atomic mass is 10.1. The van der Waals surface area contributed by atoms with Crippen LogP contribution in [0.25, 0.3) is 5.69 Å². The fourth-order valence-electron chi connectivity index (χ4n) is 2.33. The summed E-state index contributed by atoms with van der Waals surface area (Å²) >= 11 is 1.24. The van der Waals surface area contributed by atoms with Crippen LogP contribution in [0.3, 0.4) is 0 Å². The van der Waals surface area contributed by atoms with E-state index in [0.717, 1.165) is 16.8 Å². The molecule has 9 heteroatoms. The Morgan fingerprint density at radius 3 is 2.58 bits per heavy atom. The van der Waals surface area contributed by atoms with Gasteiger partial charge in [0, 0.05) is 13.1 Å². The van der Waals surface area contributed by atoms with E-state index in [1.54, 1.807) is 4.68 Å². The molecule has 0 atom stereocenters. The van der Waals surface area contributed by atoms with Crippen LogP contribution in [0.2, 0.25) is 0 Å². The molecule has 0 radical (unpaired) electrons. The van der Waals surface area contributed by atoms with Gasteiger partial charge in [0.25, 0.3) is 0 Å². The molecule has 0 aliphatic rings. The van der Waals surface area contributed by atoms with Crippen LogP contribution >= 0.6 is 11.8 Å². The number of carbonyl (C=O) groups is 1. The van der Waals surface area contributed by atoms with E-state index in [4.69, 9.17) is 10.5 Å². The van der Waals surface area contributed by atoms with Gasteiger partial charge in [0.1, 0.15) is 0 Å². The van der Waals surface area contributed by atoms with E-state index in [2.05, 4.69) is 15.5 Å². The van der Waals surface area contributed by atoms with Crippen molar-refractivity contribution in [3.8, 4) is 17.8 Å². The van der Waals surface area contributed by atoms with E-state index in [1.807, 2.05) is 44.2 Å². The second-order valence-electron chi connectivity index (χ2n) is 5.58. The fraction of sp³-hybridized carbons (Fsp3) is 0.412. The van der Waals surface area contributed by atoms with Crippen LogP contribution in [-0.2, 0) is 4.79 Å². The SMILES string of the molecule is Cc1cccc(-n2nnnc2SCC(=O)N(CCC#N)CCC#N)c1C. The van der Waals surface area contributed by atoms with E-state index in [-0.39, 0.29) is 24.5 Å². The first kappa shape index (κ1) is 19.4. The van der Waals surface area contributed by atoms with Crippen LogP contribution in [0.5, 0.6) is 0 Å². The van der Waals surface area contributed by atoms with Gasteiger partial charge in [0.05, 0.1) is 36.4 Å². The van der Waals surface area contributed by atoms with E-state index in [0.29, 0.717) is 18.2 Å². The van der Waals surface area contributed by atoms with Crippen molar-refractivity contribution in [3.05, 3.63) is 29.3 Å². The van der Waals surface area contributed by atoms with Gasteiger partial charge in [0.15, 0.2) is 0 Å². The van der Waals surface area contributed by atoms with Crippen molar-refractivity contribution in [2.75, 3.05) is 18.8 Å². The van der Waals surface area contributed by atoms with Crippen molar-refractivity contribution in [3.63, 3.8) is 0 Å². The van der Waals surface area contributed by atoms with Gasteiger partial charge >= 0.3 is 0 Å². The van der Waals surface area contributed by atoms with Crippen molar-refractivity contribution in [1.82, 2.24) is 25.1 Å². The van der Waals surface area contributed by atoms with Gasteiger partial charge in [-0.2, -0.15) is 15.2 Å². The second kappa shape index (κ2) is 9.54. The molecule has 0 saturated heterocycles. The number of nitrogens with zero attached hydrogens (tertiary/aromatic N) is 7. The summed E-state index contributed by atoms with van der Waals surface area (Å²) in [6.45, 7) is 4.65. The number of rotatable bonds is 8. The highest BCUT2D eigenvalue weighted by Gasteiger charge is 2.17. The minimum atomic E-state index is -0.143. The minimum absolute atomic E-state index is 0.141. The summed E-state index contributed by atoms with van der Waals surface area (Å²) in [5.74, 6) is -0.00161. The monoisotopic (exact) mass is 369 g/mol. The van der Waals surface area contributed by atoms with Gasteiger partial charge in [-0.15, -0.1) is 5.10 Å². The third kappa shape index (κ3) is 4.80. The van der Waals surface area contributed by atoms with Crippen molar-refractivity contribution in [2.45, 2.75) is 31.8 Å². The Morgan fingerprint density at radius 1 is 1.23 bits per heavy atom. The molecule has 26 heavy (non-hydrogen) atoms. The van der Waals surface area contributed by atoms with Crippen molar-refractivity contribution >= 4 is 17.7 Å². The quantitative estimate of drug-likeness (QED) is 0.654. The molecule has 0 saturated carbocycles. The predicted molar refractivity (Wildman–Crippen MR) is 96.4 cm³/mol. The molecule has 8 nitrogen and oxygen atoms in total. The zero-order chi connectivity index (χ0) is 18.9. The first-order valence-corrected chi connectivity index (χ1v) is 9.06. The van der Waals surface area contributed by atoms with Crippen molar-refractivity contribution < 1.29 is 4.79 Å². The van der Waals surface area contributed by atoms with Gasteiger partial charge in [-0.25, -0.2) is 0 Å². The molecule has 134 valence electrons. The molecule has 0 aliphatic heterocycles. The summed E-state index contributed by atoms with van der Waals surface area (Å²) < 4.78 is 1.62. The molecular weight excluding hydrogens is 350 g/mol. The molecule has 0 spiro atoms. The molecule has 0 bridgehead atoms. The maximum absolute atomic E-state index is 12.4. The number of aromatic nitrogens is 4. The maximum Gasteiger partial charge on any atom is 0.233 e. The third-order valence-corrected chi connectivity index (χ3v) is 4.81. The lowest BCUT2D eigenvalue weighted by molar-refractivity contribution is -0.128. The van der Waals surface area contributed by atoms with Crippen LogP contribution in [0.1, 0.15) is 24.0 Å². The number of hydrogen-bond acceptors (Lipinski definition) is 7. The molecule has 0 N–H and O–H groups in total. The lowest BCUT2D eigenvalue weighted by Crippen LogP contribution is -2.34. The van der Waals surface area contributed by atoms with Gasteiger partial charge in [-0.3, -0.25) is 4.79 Å². The lowest BCUT2D eigenvalue weighted by Gasteiger charge is -2.19. The molecule has 1 heterocycles. The first-order valence-electron chi connectivity index (χ1n) is 8.08. The summed E-state index contributed by atoms with van der Waals surface area (Å²) in [5.41, 5.74) is 3.07. The summed E-state index contributed by atoms with van der Waals surface area (Å²) in [7, 11) is 0. The molecular formula is C17H19N7OS. The van der Waals surface area contributed by atoms with Crippen molar-refractivity contribution in [1.29, 1.82) is 10.5 Å². The molecule has 2 rings (SSSR count). The second-order valence-corrected chi connectivity index (χ2v) is 6.52. The zero-order valence-electron chi connectivity index (χ0n) is 14.7. The number of aryl methyl sites for hydroxylation is 1. The predicted octanol–water partition coefficient (Wildman–Crippen LogP) is 2.03. The number of nitriles is 2. The molecule has 1 aromatic heterocycles. The topological polar surface area (TPSA) is 111 Å². The number of hydrogen-bond donors (Lipinski definition) is 0. The van der Waals surface area contributed by atoms with Crippen LogP contribution in [0, 0.1) is 36.5 Å². The molecule has 0 fully saturated rings. The Hall–Kier alpha value is -2.91. The van der Waals surface area contributed by atoms with E-state index in [1.165, 1.54) is 16.7 Å². The van der Waals surface area contributed by atoms with Crippen LogP contribution < -0.4 is 0 Å². The first-order chi connectivity index (χ1) is 12.6. The highest BCUT2D eigenvalue weighted by atomic mass is 32.2. The van der Waals surface area contributed by atoms with Gasteiger partial charge in [-0.1, -0.05) is 23.9 Å². The Kier molecular flexibility index (Phi) is 7.12. The Labute approximate surface area is 156 Å². The number of benzene rings is 1. The fourth-order valence-corrected chi connectivity index (χ4v) is 3.12. The Morgan fingerprint density at radius 2 is 1.92 bits per heavy atom. The van der Waals surface area contributed by atoms with Gasteiger partial charge in [-0.05, 0) is 41.5 Å². The number of thioether (sulfide) groups is 1. The zero-order valence-corrected chi connectivity index (χ0v) is 15.5. The van der Waals surface area contributed by atoms with E-state index < -0.39 is 0 Å². The molecule has 0 aliphatic carbocycles. The van der Waals surface area contributed by atoms with Crippen LogP contribution in [-0.4, -0.2) is 49.9 Å². The maximum atomic E-state index is 12.4. The molecule has 1 aromatic carbocycles. The average molecular weight is 369 g/mol. The number of carbonyl (C=O) groups excluding carboxylic acids is 1. The summed E-state index contributed by atoms with van der Waals surface area (Å²) in [5, 5.41) is 29.7. The largest absolute Gasteiger partial charge is 0.340 e. The number of tetrazole rings is 1. The summed E-state index contributed by atoms with van der Waals surface area (Å²) in [4.78, 5) is 14.0. The minimum Gasteiger partial charge on any atom is -0.340 e. The number of amides is 1. The Balaban J connectivity index is 2.09. The highest BCUT2D eigenvalue weighted by molar-refractivity contribution is 7.99. The Bertz CT molecular complexity index is 832. The average Bonchev–Trinajstić information content (AvgIpc) is 3.10. The van der Waals surface area contributed by atoms with Gasteiger partial charge in [0.2, 0.25) is 11.1 Å². The van der Waals surface area contributed by atoms with Crippen LogP contribution in [0.15, 0.2) is 23.4 Å². The van der Waals surface area contributed by atoms with Crippen LogP contribution in [0.4, 0.5) is 0 Å². The molecule has 0 unspecified atom stereocenters. The normalized spacial score (nSPS) is 10.2. The standard InChI is InChI=1S/C17H19N7OS/c1-13-6-3-7-15(14(13)2)24-17(20-21-22-24)26-12-16(25)23(10-4-8-18)11-5-9-19/h3,6-7H,4-5,10-12H2,1-2H3. The van der Waals surface area contributed by atoms with E-state index >= 15 is 0 Å². The third-order valence-electron chi connectivity index (χ3n) is 3.91. The van der Waals surface area contributed by atoms with Crippen molar-refractivity contribution in [2.24, 2.45) is 0 Å².